The lowest BCUT2D eigenvalue weighted by atomic mass is 10.2. The van der Waals surface area contributed by atoms with Crippen molar-refractivity contribution < 1.29 is 9.00 Å². The molecule has 1 unspecified atom stereocenters. The second kappa shape index (κ2) is 6.74. The standard InChI is InChI=1S/C15H15ClN2O2S/c1-10-2-7-14(13(17)8-10)21(20)9-15(19)18-12-5-3-11(16)4-6-12/h2-8H,9,17H2,1H3,(H,18,19). The van der Waals surface area contributed by atoms with E-state index in [0.29, 0.717) is 21.3 Å². The van der Waals surface area contributed by atoms with Crippen molar-refractivity contribution in [2.75, 3.05) is 16.8 Å². The van der Waals surface area contributed by atoms with Crippen LogP contribution in [0.5, 0.6) is 0 Å². The molecule has 6 heteroatoms. The lowest BCUT2D eigenvalue weighted by molar-refractivity contribution is -0.113. The Morgan fingerprint density at radius 2 is 1.90 bits per heavy atom. The van der Waals surface area contributed by atoms with Crippen molar-refractivity contribution >= 4 is 39.7 Å². The molecule has 0 aromatic heterocycles. The van der Waals surface area contributed by atoms with Crippen LogP contribution in [0.2, 0.25) is 5.02 Å². The SMILES string of the molecule is Cc1ccc(S(=O)CC(=O)Nc2ccc(Cl)cc2)c(N)c1. The van der Waals surface area contributed by atoms with E-state index >= 15 is 0 Å². The number of nitrogen functional groups attached to an aromatic ring is 1. The number of aryl methyl sites for hydroxylation is 1. The number of hydrogen-bond acceptors (Lipinski definition) is 3. The molecule has 21 heavy (non-hydrogen) atoms. The van der Waals surface area contributed by atoms with Crippen LogP contribution in [0.4, 0.5) is 11.4 Å². The molecule has 4 nitrogen and oxygen atoms in total. The van der Waals surface area contributed by atoms with Gasteiger partial charge < -0.3 is 11.1 Å². The summed E-state index contributed by atoms with van der Waals surface area (Å²) in [5, 5.41) is 3.26. The Kier molecular flexibility index (Phi) is 4.98. The fourth-order valence-electron chi connectivity index (χ4n) is 1.80. The number of hydrogen-bond donors (Lipinski definition) is 2. The van der Waals surface area contributed by atoms with Crippen molar-refractivity contribution in [2.24, 2.45) is 0 Å². The van der Waals surface area contributed by atoms with E-state index in [9.17, 15) is 9.00 Å². The number of benzene rings is 2. The highest BCUT2D eigenvalue weighted by molar-refractivity contribution is 7.86. The molecule has 0 aliphatic heterocycles. The molecule has 0 aliphatic carbocycles. The van der Waals surface area contributed by atoms with Gasteiger partial charge in [0.15, 0.2) is 0 Å². The van der Waals surface area contributed by atoms with E-state index in [4.69, 9.17) is 17.3 Å². The van der Waals surface area contributed by atoms with Crippen molar-refractivity contribution in [1.29, 1.82) is 0 Å². The van der Waals surface area contributed by atoms with Gasteiger partial charge in [-0.25, -0.2) is 0 Å². The number of amides is 1. The van der Waals surface area contributed by atoms with Crippen LogP contribution >= 0.6 is 11.6 Å². The highest BCUT2D eigenvalue weighted by Crippen LogP contribution is 2.18. The van der Waals surface area contributed by atoms with Gasteiger partial charge in [-0.2, -0.15) is 0 Å². The Bertz CT molecular complexity index is 687. The average molecular weight is 323 g/mol. The third-order valence-electron chi connectivity index (χ3n) is 2.80. The molecule has 0 saturated carbocycles. The number of carbonyl (C=O) groups is 1. The summed E-state index contributed by atoms with van der Waals surface area (Å²) in [6.07, 6.45) is 0. The predicted molar refractivity (Wildman–Crippen MR) is 86.9 cm³/mol. The Hall–Kier alpha value is -1.85. The Morgan fingerprint density at radius 1 is 1.24 bits per heavy atom. The van der Waals surface area contributed by atoms with Gasteiger partial charge in [-0.15, -0.1) is 0 Å². The minimum Gasteiger partial charge on any atom is -0.398 e. The van der Waals surface area contributed by atoms with Crippen molar-refractivity contribution in [1.82, 2.24) is 0 Å². The smallest absolute Gasteiger partial charge is 0.237 e. The zero-order chi connectivity index (χ0) is 15.4. The van der Waals surface area contributed by atoms with Gasteiger partial charge in [-0.3, -0.25) is 9.00 Å². The number of nitrogens with one attached hydrogen (secondary N) is 1. The van der Waals surface area contributed by atoms with E-state index in [1.165, 1.54) is 0 Å². The maximum Gasteiger partial charge on any atom is 0.237 e. The summed E-state index contributed by atoms with van der Waals surface area (Å²) in [6, 6.07) is 12.0. The zero-order valence-electron chi connectivity index (χ0n) is 11.4. The first kappa shape index (κ1) is 15.5. The second-order valence-corrected chi connectivity index (χ2v) is 6.44. The molecule has 110 valence electrons. The summed E-state index contributed by atoms with van der Waals surface area (Å²) in [6.45, 7) is 1.90. The van der Waals surface area contributed by atoms with Crippen molar-refractivity contribution in [3.63, 3.8) is 0 Å². The molecule has 0 fully saturated rings. The van der Waals surface area contributed by atoms with E-state index in [0.717, 1.165) is 5.56 Å². The van der Waals surface area contributed by atoms with Gasteiger partial charge >= 0.3 is 0 Å². The first-order valence-corrected chi connectivity index (χ1v) is 7.95. The fourth-order valence-corrected chi connectivity index (χ4v) is 2.94. The normalized spacial score (nSPS) is 11.9. The fraction of sp³-hybridized carbons (Fsp3) is 0.133. The summed E-state index contributed by atoms with van der Waals surface area (Å²) >= 11 is 5.77. The van der Waals surface area contributed by atoms with Gasteiger partial charge in [0.1, 0.15) is 5.75 Å². The molecule has 1 amide bonds. The summed E-state index contributed by atoms with van der Waals surface area (Å²) in [7, 11) is -1.47. The van der Waals surface area contributed by atoms with Crippen LogP contribution in [0.3, 0.4) is 0 Å². The highest BCUT2D eigenvalue weighted by atomic mass is 35.5. The molecular weight excluding hydrogens is 308 g/mol. The molecule has 2 aromatic carbocycles. The Morgan fingerprint density at radius 3 is 2.52 bits per heavy atom. The molecule has 0 aliphatic rings. The molecule has 0 spiro atoms. The number of nitrogens with two attached hydrogens (primary N) is 1. The monoisotopic (exact) mass is 322 g/mol. The first-order chi connectivity index (χ1) is 9.95. The Balaban J connectivity index is 2.02. The van der Waals surface area contributed by atoms with Crippen molar-refractivity contribution in [3.05, 3.63) is 53.1 Å². The average Bonchev–Trinajstić information content (AvgIpc) is 2.41. The van der Waals surface area contributed by atoms with E-state index in [1.807, 2.05) is 13.0 Å². The molecule has 3 N–H and O–H groups in total. The molecule has 0 heterocycles. The van der Waals surface area contributed by atoms with E-state index in [-0.39, 0.29) is 11.7 Å². The van der Waals surface area contributed by atoms with E-state index < -0.39 is 10.8 Å². The molecule has 2 rings (SSSR count). The molecule has 1 atom stereocenters. The quantitative estimate of drug-likeness (QED) is 0.850. The number of anilines is 2. The van der Waals surface area contributed by atoms with Gasteiger partial charge in [0, 0.05) is 16.4 Å². The number of rotatable bonds is 4. The van der Waals surface area contributed by atoms with Gasteiger partial charge in [0.25, 0.3) is 0 Å². The zero-order valence-corrected chi connectivity index (χ0v) is 13.0. The predicted octanol–water partition coefficient (Wildman–Crippen LogP) is 2.98. The van der Waals surface area contributed by atoms with E-state index in [2.05, 4.69) is 5.32 Å². The van der Waals surface area contributed by atoms with Crippen LogP contribution < -0.4 is 11.1 Å². The van der Waals surface area contributed by atoms with Gasteiger partial charge in [-0.1, -0.05) is 17.7 Å². The lowest BCUT2D eigenvalue weighted by Crippen LogP contribution is -2.20. The van der Waals surface area contributed by atoms with Gasteiger partial charge in [0.05, 0.1) is 15.7 Å². The van der Waals surface area contributed by atoms with Crippen LogP contribution in [-0.2, 0) is 15.6 Å². The molecule has 0 radical (unpaired) electrons. The summed E-state index contributed by atoms with van der Waals surface area (Å²) in [5.74, 6) is -0.480. The maximum atomic E-state index is 12.2. The lowest BCUT2D eigenvalue weighted by Gasteiger charge is -2.08. The maximum absolute atomic E-state index is 12.2. The van der Waals surface area contributed by atoms with Crippen molar-refractivity contribution in [3.8, 4) is 0 Å². The van der Waals surface area contributed by atoms with Crippen LogP contribution in [0.1, 0.15) is 5.56 Å². The number of halogens is 1. The summed E-state index contributed by atoms with van der Waals surface area (Å²) < 4.78 is 12.2. The second-order valence-electron chi connectivity index (χ2n) is 4.59. The highest BCUT2D eigenvalue weighted by Gasteiger charge is 2.13. The molecule has 0 bridgehead atoms. The van der Waals surface area contributed by atoms with Crippen LogP contribution in [0.15, 0.2) is 47.4 Å². The van der Waals surface area contributed by atoms with Gasteiger partial charge in [0.2, 0.25) is 5.91 Å². The van der Waals surface area contributed by atoms with Crippen LogP contribution in [-0.4, -0.2) is 15.9 Å². The summed E-state index contributed by atoms with van der Waals surface area (Å²) in [5.41, 5.74) is 7.86. The molecule has 2 aromatic rings. The van der Waals surface area contributed by atoms with Crippen molar-refractivity contribution in [2.45, 2.75) is 11.8 Å². The van der Waals surface area contributed by atoms with Gasteiger partial charge in [-0.05, 0) is 48.9 Å². The topological polar surface area (TPSA) is 72.2 Å². The third-order valence-corrected chi connectivity index (χ3v) is 4.44. The minimum atomic E-state index is -1.47. The third kappa shape index (κ3) is 4.31. The van der Waals surface area contributed by atoms with Crippen LogP contribution in [0.25, 0.3) is 0 Å². The van der Waals surface area contributed by atoms with E-state index in [1.54, 1.807) is 36.4 Å². The van der Waals surface area contributed by atoms with Crippen LogP contribution in [0, 0.1) is 6.92 Å². The molecule has 0 saturated heterocycles. The largest absolute Gasteiger partial charge is 0.398 e. The summed E-state index contributed by atoms with van der Waals surface area (Å²) in [4.78, 5) is 12.4. The molecular formula is C15H15ClN2O2S. The first-order valence-electron chi connectivity index (χ1n) is 6.25. The number of carbonyl (C=O) groups excluding carboxylic acids is 1. The minimum absolute atomic E-state index is 0.143. The Labute approximate surface area is 130 Å².